The fourth-order valence-electron chi connectivity index (χ4n) is 3.82. The van der Waals surface area contributed by atoms with Crippen LogP contribution in [-0.2, 0) is 6.54 Å². The molecule has 0 radical (unpaired) electrons. The van der Waals surface area contributed by atoms with Gasteiger partial charge in [0, 0.05) is 38.3 Å². The lowest BCUT2D eigenvalue weighted by molar-refractivity contribution is 0.192. The molecule has 2 aliphatic heterocycles. The molecule has 0 aliphatic carbocycles. The molecular formula is C19H21FN4O. The summed E-state index contributed by atoms with van der Waals surface area (Å²) in [6.07, 6.45) is 2.83. The van der Waals surface area contributed by atoms with Crippen LogP contribution in [-0.4, -0.2) is 41.6 Å². The Balaban J connectivity index is 1.36. The van der Waals surface area contributed by atoms with Crippen molar-refractivity contribution < 1.29 is 9.18 Å². The molecule has 2 aliphatic rings. The molecule has 3 heterocycles. The van der Waals surface area contributed by atoms with Crippen LogP contribution in [0.4, 0.5) is 15.0 Å². The third-order valence-electron chi connectivity index (χ3n) is 5.14. The van der Waals surface area contributed by atoms with E-state index in [9.17, 15) is 9.18 Å². The molecule has 130 valence electrons. The third kappa shape index (κ3) is 3.29. The van der Waals surface area contributed by atoms with Gasteiger partial charge in [0.1, 0.15) is 11.6 Å². The van der Waals surface area contributed by atoms with Gasteiger partial charge in [-0.3, -0.25) is 0 Å². The Morgan fingerprint density at radius 2 is 2.04 bits per heavy atom. The van der Waals surface area contributed by atoms with Crippen LogP contribution >= 0.6 is 0 Å². The molecule has 2 saturated heterocycles. The number of urea groups is 1. The first-order valence-electron chi connectivity index (χ1n) is 8.65. The Morgan fingerprint density at radius 3 is 2.80 bits per heavy atom. The largest absolute Gasteiger partial charge is 0.354 e. The first kappa shape index (κ1) is 15.9. The van der Waals surface area contributed by atoms with E-state index < -0.39 is 0 Å². The number of pyridine rings is 1. The monoisotopic (exact) mass is 340 g/mol. The number of carbonyl (C=O) groups excluding carboxylic acids is 1. The minimum absolute atomic E-state index is 0.0419. The lowest BCUT2D eigenvalue weighted by Gasteiger charge is -2.25. The molecule has 0 saturated carbocycles. The zero-order valence-corrected chi connectivity index (χ0v) is 13.9. The van der Waals surface area contributed by atoms with Crippen molar-refractivity contribution >= 4 is 11.8 Å². The van der Waals surface area contributed by atoms with Gasteiger partial charge in [0.2, 0.25) is 0 Å². The van der Waals surface area contributed by atoms with E-state index in [0.29, 0.717) is 12.5 Å². The summed E-state index contributed by atoms with van der Waals surface area (Å²) in [4.78, 5) is 21.2. The van der Waals surface area contributed by atoms with Crippen LogP contribution in [0.1, 0.15) is 12.0 Å². The molecule has 0 bridgehead atoms. The number of hydrogen-bond acceptors (Lipinski definition) is 3. The van der Waals surface area contributed by atoms with Crippen molar-refractivity contribution in [3.05, 3.63) is 60.0 Å². The predicted molar refractivity (Wildman–Crippen MR) is 93.7 cm³/mol. The highest BCUT2D eigenvalue weighted by atomic mass is 19.1. The highest BCUT2D eigenvalue weighted by molar-refractivity contribution is 5.75. The Kier molecular flexibility index (Phi) is 4.26. The number of carbonyl (C=O) groups is 1. The molecule has 1 N–H and O–H groups in total. The molecular weight excluding hydrogens is 319 g/mol. The fraction of sp³-hybridized carbons (Fsp3) is 0.368. The van der Waals surface area contributed by atoms with E-state index in [4.69, 9.17) is 0 Å². The van der Waals surface area contributed by atoms with E-state index in [-0.39, 0.29) is 17.9 Å². The second kappa shape index (κ2) is 6.70. The first-order valence-corrected chi connectivity index (χ1v) is 8.65. The predicted octanol–water partition coefficient (Wildman–Crippen LogP) is 2.64. The van der Waals surface area contributed by atoms with Crippen LogP contribution in [0.3, 0.4) is 0 Å². The average molecular weight is 340 g/mol. The van der Waals surface area contributed by atoms with Crippen molar-refractivity contribution in [1.82, 2.24) is 15.2 Å². The maximum atomic E-state index is 12.9. The molecule has 25 heavy (non-hydrogen) atoms. The molecule has 5 nitrogen and oxygen atoms in total. The number of fused-ring (bicyclic) bond motifs is 1. The number of nitrogens with one attached hydrogen (secondary N) is 1. The van der Waals surface area contributed by atoms with Gasteiger partial charge in [-0.1, -0.05) is 18.2 Å². The number of anilines is 1. The number of amides is 2. The summed E-state index contributed by atoms with van der Waals surface area (Å²) in [5, 5.41) is 2.96. The standard InChI is InChI=1S/C19H21FN4O/c20-16-6-4-14(5-7-16)11-22-19(25)24-10-8-15-12-23(13-17(15)24)18-3-1-2-9-21-18/h1-7,9,15,17H,8,10-13H2,(H,22,25). The Morgan fingerprint density at radius 1 is 1.20 bits per heavy atom. The minimum Gasteiger partial charge on any atom is -0.354 e. The summed E-state index contributed by atoms with van der Waals surface area (Å²) >= 11 is 0. The number of hydrogen-bond donors (Lipinski definition) is 1. The first-order chi connectivity index (χ1) is 12.2. The van der Waals surface area contributed by atoms with Crippen molar-refractivity contribution in [1.29, 1.82) is 0 Å². The fourth-order valence-corrected chi connectivity index (χ4v) is 3.82. The highest BCUT2D eigenvalue weighted by Gasteiger charge is 2.43. The summed E-state index contributed by atoms with van der Waals surface area (Å²) in [5.41, 5.74) is 0.895. The summed E-state index contributed by atoms with van der Waals surface area (Å²) in [6.45, 7) is 2.98. The Hall–Kier alpha value is -2.63. The van der Waals surface area contributed by atoms with Crippen LogP contribution < -0.4 is 10.2 Å². The molecule has 2 aromatic rings. The van der Waals surface area contributed by atoms with Crippen molar-refractivity contribution in [2.24, 2.45) is 5.92 Å². The summed E-state index contributed by atoms with van der Waals surface area (Å²) in [5.74, 6) is 1.21. The van der Waals surface area contributed by atoms with Gasteiger partial charge in [0.25, 0.3) is 0 Å². The number of nitrogens with zero attached hydrogens (tertiary/aromatic N) is 3. The molecule has 1 aromatic carbocycles. The van der Waals surface area contributed by atoms with E-state index >= 15 is 0 Å². The average Bonchev–Trinajstić information content (AvgIpc) is 3.22. The minimum atomic E-state index is -0.266. The second-order valence-electron chi connectivity index (χ2n) is 6.69. The van der Waals surface area contributed by atoms with Crippen LogP contribution in [0.25, 0.3) is 0 Å². The molecule has 2 fully saturated rings. The van der Waals surface area contributed by atoms with Crippen molar-refractivity contribution in [3.8, 4) is 0 Å². The van der Waals surface area contributed by atoms with Gasteiger partial charge in [0.15, 0.2) is 0 Å². The van der Waals surface area contributed by atoms with E-state index in [1.165, 1.54) is 12.1 Å². The zero-order valence-electron chi connectivity index (χ0n) is 13.9. The molecule has 2 unspecified atom stereocenters. The van der Waals surface area contributed by atoms with Gasteiger partial charge < -0.3 is 15.1 Å². The third-order valence-corrected chi connectivity index (χ3v) is 5.14. The van der Waals surface area contributed by atoms with E-state index in [1.54, 1.807) is 18.3 Å². The Labute approximate surface area is 146 Å². The summed E-state index contributed by atoms with van der Waals surface area (Å²) < 4.78 is 12.9. The number of halogens is 1. The van der Waals surface area contributed by atoms with Crippen LogP contribution in [0.2, 0.25) is 0 Å². The van der Waals surface area contributed by atoms with Gasteiger partial charge in [-0.2, -0.15) is 0 Å². The van der Waals surface area contributed by atoms with E-state index in [0.717, 1.165) is 37.4 Å². The molecule has 2 amide bonds. The molecule has 2 atom stereocenters. The maximum Gasteiger partial charge on any atom is 0.317 e. The molecule has 6 heteroatoms. The number of aromatic nitrogens is 1. The Bertz CT molecular complexity index is 737. The van der Waals surface area contributed by atoms with Gasteiger partial charge >= 0.3 is 6.03 Å². The van der Waals surface area contributed by atoms with E-state index in [1.807, 2.05) is 23.1 Å². The molecule has 1 aromatic heterocycles. The van der Waals surface area contributed by atoms with Crippen LogP contribution in [0, 0.1) is 11.7 Å². The van der Waals surface area contributed by atoms with Gasteiger partial charge in [-0.05, 0) is 36.2 Å². The zero-order chi connectivity index (χ0) is 17.2. The maximum absolute atomic E-state index is 12.9. The highest BCUT2D eigenvalue weighted by Crippen LogP contribution is 2.33. The lowest BCUT2D eigenvalue weighted by atomic mass is 10.1. The van der Waals surface area contributed by atoms with Crippen molar-refractivity contribution in [2.75, 3.05) is 24.5 Å². The van der Waals surface area contributed by atoms with Gasteiger partial charge in [-0.15, -0.1) is 0 Å². The van der Waals surface area contributed by atoms with Crippen molar-refractivity contribution in [3.63, 3.8) is 0 Å². The normalized spacial score (nSPS) is 22.1. The second-order valence-corrected chi connectivity index (χ2v) is 6.69. The van der Waals surface area contributed by atoms with E-state index in [2.05, 4.69) is 15.2 Å². The van der Waals surface area contributed by atoms with Crippen LogP contribution in [0.5, 0.6) is 0 Å². The number of rotatable bonds is 3. The topological polar surface area (TPSA) is 48.5 Å². The van der Waals surface area contributed by atoms with Crippen LogP contribution in [0.15, 0.2) is 48.7 Å². The number of benzene rings is 1. The summed E-state index contributed by atoms with van der Waals surface area (Å²) in [6, 6.07) is 12.3. The van der Waals surface area contributed by atoms with Gasteiger partial charge in [0.05, 0.1) is 6.04 Å². The SMILES string of the molecule is O=C(NCc1ccc(F)cc1)N1CCC2CN(c3ccccn3)CC21. The summed E-state index contributed by atoms with van der Waals surface area (Å²) in [7, 11) is 0. The van der Waals surface area contributed by atoms with Gasteiger partial charge in [-0.25, -0.2) is 14.2 Å². The smallest absolute Gasteiger partial charge is 0.317 e. The van der Waals surface area contributed by atoms with Crippen molar-refractivity contribution in [2.45, 2.75) is 19.0 Å². The molecule has 0 spiro atoms. The number of likely N-dealkylation sites (tertiary alicyclic amines) is 1. The molecule has 4 rings (SSSR count). The lowest BCUT2D eigenvalue weighted by Crippen LogP contribution is -2.45. The quantitative estimate of drug-likeness (QED) is 0.934.